The van der Waals surface area contributed by atoms with E-state index < -0.39 is 6.04 Å². The molecular weight excluding hydrogens is 249 g/mol. The molecule has 0 bridgehead atoms. The highest BCUT2D eigenvalue weighted by Crippen LogP contribution is 2.22. The molecule has 0 radical (unpaired) electrons. The van der Waals surface area contributed by atoms with Crippen molar-refractivity contribution in [3.05, 3.63) is 46.5 Å². The van der Waals surface area contributed by atoms with Crippen molar-refractivity contribution in [1.82, 2.24) is 19.9 Å². The number of hydrogen-bond acceptors (Lipinski definition) is 5. The van der Waals surface area contributed by atoms with Crippen molar-refractivity contribution in [3.8, 4) is 0 Å². The molecule has 16 heavy (non-hydrogen) atoms. The van der Waals surface area contributed by atoms with Crippen LogP contribution < -0.4 is 5.73 Å². The van der Waals surface area contributed by atoms with Crippen LogP contribution in [0.3, 0.4) is 0 Å². The van der Waals surface area contributed by atoms with Gasteiger partial charge in [0, 0.05) is 12.4 Å². The van der Waals surface area contributed by atoms with Crippen molar-refractivity contribution < 1.29 is 0 Å². The molecule has 2 N–H and O–H groups in total. The molecule has 2 aromatic rings. The lowest BCUT2D eigenvalue weighted by atomic mass is 10.2. The molecule has 82 valence electrons. The van der Waals surface area contributed by atoms with Gasteiger partial charge >= 0.3 is 0 Å². The predicted octanol–water partition coefficient (Wildman–Crippen LogP) is 1.62. The molecule has 0 aliphatic carbocycles. The summed E-state index contributed by atoms with van der Waals surface area (Å²) < 4.78 is 0. The lowest BCUT2D eigenvalue weighted by Gasteiger charge is -2.10. The Labute approximate surface area is 102 Å². The van der Waals surface area contributed by atoms with E-state index in [0.717, 1.165) is 0 Å². The highest BCUT2D eigenvalue weighted by molar-refractivity contribution is 6.31. The summed E-state index contributed by atoms with van der Waals surface area (Å²) in [6, 6.07) is -0.590. The van der Waals surface area contributed by atoms with Crippen LogP contribution in [-0.2, 0) is 0 Å². The number of nitrogens with zero attached hydrogens (tertiary/aromatic N) is 4. The van der Waals surface area contributed by atoms with Crippen molar-refractivity contribution in [2.75, 3.05) is 0 Å². The maximum Gasteiger partial charge on any atom is 0.152 e. The first-order valence-corrected chi connectivity index (χ1v) is 5.13. The first kappa shape index (κ1) is 11.2. The molecule has 5 nitrogen and oxygen atoms in total. The summed E-state index contributed by atoms with van der Waals surface area (Å²) in [5.74, 6) is 0. The zero-order chi connectivity index (χ0) is 11.5. The normalized spacial score (nSPS) is 12.4. The molecule has 2 aromatic heterocycles. The molecule has 2 heterocycles. The fraction of sp³-hybridized carbons (Fsp3) is 0.111. The van der Waals surface area contributed by atoms with Crippen molar-refractivity contribution in [2.24, 2.45) is 5.73 Å². The van der Waals surface area contributed by atoms with Crippen molar-refractivity contribution in [1.29, 1.82) is 0 Å². The minimum Gasteiger partial charge on any atom is -0.318 e. The summed E-state index contributed by atoms with van der Waals surface area (Å²) in [5, 5.41) is 0.446. The molecular formula is C9H7Cl2N5. The molecule has 0 aromatic carbocycles. The number of rotatable bonds is 2. The van der Waals surface area contributed by atoms with Gasteiger partial charge in [0.1, 0.15) is 10.8 Å². The highest BCUT2D eigenvalue weighted by atomic mass is 35.5. The van der Waals surface area contributed by atoms with Gasteiger partial charge in [-0.25, -0.2) is 9.97 Å². The molecule has 0 saturated heterocycles. The van der Waals surface area contributed by atoms with Gasteiger partial charge in [0.25, 0.3) is 0 Å². The third-order valence-corrected chi connectivity index (χ3v) is 2.39. The van der Waals surface area contributed by atoms with Crippen LogP contribution in [0.15, 0.2) is 24.8 Å². The quantitative estimate of drug-likeness (QED) is 0.883. The van der Waals surface area contributed by atoms with Gasteiger partial charge < -0.3 is 5.73 Å². The molecule has 7 heteroatoms. The minimum absolute atomic E-state index is 0.211. The van der Waals surface area contributed by atoms with E-state index in [1.54, 1.807) is 18.6 Å². The van der Waals surface area contributed by atoms with E-state index in [2.05, 4.69) is 19.9 Å². The third-order valence-electron chi connectivity index (χ3n) is 1.92. The van der Waals surface area contributed by atoms with Gasteiger partial charge in [0.05, 0.1) is 24.1 Å². The Bertz CT molecular complexity index is 491. The van der Waals surface area contributed by atoms with Gasteiger partial charge in [0.2, 0.25) is 0 Å². The Balaban J connectivity index is 2.41. The van der Waals surface area contributed by atoms with Crippen LogP contribution in [0.1, 0.15) is 17.4 Å². The van der Waals surface area contributed by atoms with Gasteiger partial charge in [-0.3, -0.25) is 9.97 Å². The zero-order valence-electron chi connectivity index (χ0n) is 8.01. The van der Waals surface area contributed by atoms with Gasteiger partial charge in [-0.2, -0.15) is 0 Å². The van der Waals surface area contributed by atoms with Gasteiger partial charge in [-0.1, -0.05) is 23.2 Å². The Morgan fingerprint density at radius 1 is 1.12 bits per heavy atom. The first-order chi connectivity index (χ1) is 7.68. The molecule has 0 aliphatic heterocycles. The van der Waals surface area contributed by atoms with Crippen molar-refractivity contribution in [3.63, 3.8) is 0 Å². The number of aromatic nitrogens is 4. The summed E-state index contributed by atoms with van der Waals surface area (Å²) in [4.78, 5) is 15.9. The molecule has 0 unspecified atom stereocenters. The largest absolute Gasteiger partial charge is 0.318 e. The van der Waals surface area contributed by atoms with E-state index in [1.807, 2.05) is 0 Å². The van der Waals surface area contributed by atoms with Crippen LogP contribution in [0.2, 0.25) is 10.3 Å². The number of halogens is 2. The molecule has 0 fully saturated rings. The monoisotopic (exact) mass is 255 g/mol. The van der Waals surface area contributed by atoms with E-state index >= 15 is 0 Å². The van der Waals surface area contributed by atoms with Crippen molar-refractivity contribution >= 4 is 23.2 Å². The summed E-state index contributed by atoms with van der Waals surface area (Å²) >= 11 is 11.6. The van der Waals surface area contributed by atoms with E-state index in [1.165, 1.54) is 6.20 Å². The second kappa shape index (κ2) is 4.69. The van der Waals surface area contributed by atoms with Crippen LogP contribution in [0.25, 0.3) is 0 Å². The Hall–Kier alpha value is -1.30. The predicted molar refractivity (Wildman–Crippen MR) is 60.1 cm³/mol. The van der Waals surface area contributed by atoms with Crippen LogP contribution in [0.5, 0.6) is 0 Å². The first-order valence-electron chi connectivity index (χ1n) is 4.38. The average molecular weight is 256 g/mol. The highest BCUT2D eigenvalue weighted by Gasteiger charge is 2.17. The standard InChI is InChI=1S/C9H7Cl2N5/c10-6-4-15-9(11)8(16-6)7(12)5-3-13-1-2-14-5/h1-4,7H,12H2/t7-/m0/s1. The molecule has 0 amide bonds. The maximum absolute atomic E-state index is 5.94. The topological polar surface area (TPSA) is 77.6 Å². The molecule has 1 atom stereocenters. The van der Waals surface area contributed by atoms with Crippen LogP contribution >= 0.6 is 23.2 Å². The second-order valence-electron chi connectivity index (χ2n) is 2.98. The summed E-state index contributed by atoms with van der Waals surface area (Å²) in [6.07, 6.45) is 6.00. The van der Waals surface area contributed by atoms with E-state index in [9.17, 15) is 0 Å². The number of hydrogen-bond donors (Lipinski definition) is 1. The lowest BCUT2D eigenvalue weighted by molar-refractivity contribution is 0.778. The van der Waals surface area contributed by atoms with Gasteiger partial charge in [-0.05, 0) is 0 Å². The van der Waals surface area contributed by atoms with Crippen LogP contribution in [-0.4, -0.2) is 19.9 Å². The zero-order valence-corrected chi connectivity index (χ0v) is 9.52. The Kier molecular flexibility index (Phi) is 3.28. The second-order valence-corrected chi connectivity index (χ2v) is 3.72. The number of nitrogens with two attached hydrogens (primary N) is 1. The van der Waals surface area contributed by atoms with E-state index in [4.69, 9.17) is 28.9 Å². The Morgan fingerprint density at radius 2 is 1.94 bits per heavy atom. The van der Waals surface area contributed by atoms with E-state index in [-0.39, 0.29) is 10.3 Å². The maximum atomic E-state index is 5.94. The molecule has 2 rings (SSSR count). The summed E-state index contributed by atoms with van der Waals surface area (Å²) in [6.45, 7) is 0. The SMILES string of the molecule is N[C@@H](c1cnccn1)c1nc(Cl)cnc1Cl. The smallest absolute Gasteiger partial charge is 0.152 e. The average Bonchev–Trinajstić information content (AvgIpc) is 2.32. The van der Waals surface area contributed by atoms with Crippen LogP contribution in [0.4, 0.5) is 0 Å². The molecule has 0 saturated carbocycles. The Morgan fingerprint density at radius 3 is 2.62 bits per heavy atom. The molecule has 0 aliphatic rings. The minimum atomic E-state index is -0.590. The van der Waals surface area contributed by atoms with Gasteiger partial charge in [0.15, 0.2) is 5.15 Å². The lowest BCUT2D eigenvalue weighted by Crippen LogP contribution is -2.16. The van der Waals surface area contributed by atoms with E-state index in [0.29, 0.717) is 11.4 Å². The summed E-state index contributed by atoms with van der Waals surface area (Å²) in [5.41, 5.74) is 6.88. The fourth-order valence-corrected chi connectivity index (χ4v) is 1.52. The fourth-order valence-electron chi connectivity index (χ4n) is 1.18. The van der Waals surface area contributed by atoms with Gasteiger partial charge in [-0.15, -0.1) is 0 Å². The van der Waals surface area contributed by atoms with Crippen molar-refractivity contribution in [2.45, 2.75) is 6.04 Å². The molecule has 0 spiro atoms. The third kappa shape index (κ3) is 2.27. The summed E-state index contributed by atoms with van der Waals surface area (Å²) in [7, 11) is 0. The van der Waals surface area contributed by atoms with Crippen LogP contribution in [0, 0.1) is 0 Å².